The summed E-state index contributed by atoms with van der Waals surface area (Å²) < 4.78 is 1.09. The minimum absolute atomic E-state index is 0.677. The third-order valence-corrected chi connectivity index (χ3v) is 2.89. The molecule has 2 heterocycles. The molecule has 0 aromatic carbocycles. The van der Waals surface area contributed by atoms with Gasteiger partial charge in [0.05, 0.1) is 21.6 Å². The van der Waals surface area contributed by atoms with Crippen molar-refractivity contribution in [2.24, 2.45) is 0 Å². The monoisotopic (exact) mass is 193 g/mol. The molecule has 0 aliphatic rings. The van der Waals surface area contributed by atoms with Gasteiger partial charge in [-0.05, 0) is 12.8 Å². The number of aryl methyl sites for hydroxylation is 1. The van der Waals surface area contributed by atoms with Gasteiger partial charge >= 0.3 is 0 Å². The van der Waals surface area contributed by atoms with Crippen LogP contribution in [0.2, 0.25) is 0 Å². The Kier molecular flexibility index (Phi) is 2.14. The Labute approximate surface area is 80.6 Å². The normalized spacial score (nSPS) is 10.8. The number of hydrogen-bond acceptors (Lipinski definition) is 4. The predicted octanol–water partition coefficient (Wildman–Crippen LogP) is 2.23. The lowest BCUT2D eigenvalue weighted by Gasteiger charge is -1.90. The van der Waals surface area contributed by atoms with Crippen LogP contribution in [0, 0.1) is 0 Å². The quantitative estimate of drug-likeness (QED) is 0.795. The molecule has 2 aromatic rings. The molecule has 2 N–H and O–H groups in total. The number of fused-ring (bicyclic) bond motifs is 1. The number of nitrogens with zero attached hydrogens (tertiary/aromatic N) is 2. The zero-order valence-electron chi connectivity index (χ0n) is 7.45. The summed E-state index contributed by atoms with van der Waals surface area (Å²) >= 11 is 1.68. The van der Waals surface area contributed by atoms with Gasteiger partial charge < -0.3 is 5.73 Å². The van der Waals surface area contributed by atoms with Gasteiger partial charge in [-0.25, -0.2) is 4.98 Å². The maximum absolute atomic E-state index is 5.75. The molecule has 3 nitrogen and oxygen atoms in total. The van der Waals surface area contributed by atoms with Crippen molar-refractivity contribution in [2.75, 3.05) is 5.73 Å². The lowest BCUT2D eigenvalue weighted by molar-refractivity contribution is 0.913. The van der Waals surface area contributed by atoms with E-state index < -0.39 is 0 Å². The second kappa shape index (κ2) is 3.30. The van der Waals surface area contributed by atoms with Gasteiger partial charge in [0.25, 0.3) is 0 Å². The Morgan fingerprint density at radius 1 is 1.46 bits per heavy atom. The highest BCUT2D eigenvalue weighted by molar-refractivity contribution is 7.18. The van der Waals surface area contributed by atoms with Crippen LogP contribution in [0.4, 0.5) is 5.69 Å². The molecule has 2 rings (SSSR count). The van der Waals surface area contributed by atoms with Crippen LogP contribution < -0.4 is 5.73 Å². The molecule has 0 spiro atoms. The summed E-state index contributed by atoms with van der Waals surface area (Å²) in [7, 11) is 0. The van der Waals surface area contributed by atoms with E-state index >= 15 is 0 Å². The second-order valence-corrected chi connectivity index (χ2v) is 4.05. The molecule has 0 saturated carbocycles. The zero-order valence-corrected chi connectivity index (χ0v) is 8.27. The van der Waals surface area contributed by atoms with Gasteiger partial charge in [0, 0.05) is 6.20 Å². The van der Waals surface area contributed by atoms with E-state index in [1.807, 2.05) is 6.20 Å². The average molecular weight is 193 g/mol. The molecule has 4 heteroatoms. The van der Waals surface area contributed by atoms with Crippen LogP contribution in [0.1, 0.15) is 18.4 Å². The molecule has 0 radical (unpaired) electrons. The molecule has 0 aliphatic carbocycles. The van der Waals surface area contributed by atoms with Gasteiger partial charge in [0.15, 0.2) is 0 Å². The van der Waals surface area contributed by atoms with Crippen LogP contribution in [-0.2, 0) is 6.42 Å². The molecular weight excluding hydrogens is 182 g/mol. The highest BCUT2D eigenvalue weighted by Crippen LogP contribution is 2.25. The summed E-state index contributed by atoms with van der Waals surface area (Å²) in [5.74, 6) is 0. The molecular formula is C9H11N3S. The third-order valence-electron chi connectivity index (χ3n) is 1.84. The first-order valence-corrected chi connectivity index (χ1v) is 5.12. The first-order valence-electron chi connectivity index (χ1n) is 4.30. The molecule has 0 fully saturated rings. The molecule has 0 atom stereocenters. The number of aromatic nitrogens is 2. The van der Waals surface area contributed by atoms with E-state index in [0.717, 1.165) is 28.1 Å². The number of anilines is 1. The van der Waals surface area contributed by atoms with E-state index in [9.17, 15) is 0 Å². The third kappa shape index (κ3) is 1.49. The number of nitrogens with two attached hydrogens (primary N) is 1. The van der Waals surface area contributed by atoms with Crippen molar-refractivity contribution in [3.05, 3.63) is 17.4 Å². The first-order chi connectivity index (χ1) is 6.31. The average Bonchev–Trinajstić information content (AvgIpc) is 2.49. The lowest BCUT2D eigenvalue weighted by Crippen LogP contribution is -1.87. The summed E-state index contributed by atoms with van der Waals surface area (Å²) in [6.45, 7) is 2.15. The van der Waals surface area contributed by atoms with Gasteiger partial charge in [-0.1, -0.05) is 6.92 Å². The number of nitrogen functional groups attached to an aromatic ring is 1. The summed E-state index contributed by atoms with van der Waals surface area (Å²) in [5.41, 5.74) is 7.33. The van der Waals surface area contributed by atoms with Crippen molar-refractivity contribution >= 4 is 27.2 Å². The van der Waals surface area contributed by atoms with Crippen LogP contribution >= 0.6 is 11.3 Å². The minimum atomic E-state index is 0.677. The fourth-order valence-electron chi connectivity index (χ4n) is 1.24. The number of hydrogen-bond donors (Lipinski definition) is 1. The van der Waals surface area contributed by atoms with Crippen molar-refractivity contribution in [1.82, 2.24) is 9.97 Å². The molecule has 0 unspecified atom stereocenters. The molecule has 0 saturated heterocycles. The Bertz CT molecular complexity index is 422. The van der Waals surface area contributed by atoms with E-state index in [-0.39, 0.29) is 0 Å². The van der Waals surface area contributed by atoms with Crippen molar-refractivity contribution < 1.29 is 0 Å². The number of pyridine rings is 1. The fourth-order valence-corrected chi connectivity index (χ4v) is 2.31. The predicted molar refractivity (Wildman–Crippen MR) is 55.8 cm³/mol. The Morgan fingerprint density at radius 2 is 2.31 bits per heavy atom. The highest BCUT2D eigenvalue weighted by Gasteiger charge is 2.05. The van der Waals surface area contributed by atoms with Crippen molar-refractivity contribution in [2.45, 2.75) is 19.8 Å². The lowest BCUT2D eigenvalue weighted by atomic mass is 10.3. The molecule has 0 aliphatic heterocycles. The first kappa shape index (κ1) is 8.44. The van der Waals surface area contributed by atoms with Gasteiger partial charge in [-0.2, -0.15) is 0 Å². The van der Waals surface area contributed by atoms with Crippen LogP contribution in [0.5, 0.6) is 0 Å². The maximum atomic E-state index is 5.75. The highest BCUT2D eigenvalue weighted by atomic mass is 32.1. The SMILES string of the molecule is CCCc1nc2c(N)cncc2s1. The fraction of sp³-hybridized carbons (Fsp3) is 0.333. The molecule has 0 amide bonds. The molecule has 13 heavy (non-hydrogen) atoms. The zero-order chi connectivity index (χ0) is 9.26. The standard InChI is InChI=1S/C9H11N3S/c1-2-3-8-12-9-6(10)4-11-5-7(9)13-8/h4-5H,2-3,10H2,1H3. The van der Waals surface area contributed by atoms with Crippen LogP contribution in [0.25, 0.3) is 10.2 Å². The largest absolute Gasteiger partial charge is 0.396 e. The van der Waals surface area contributed by atoms with Crippen LogP contribution in [-0.4, -0.2) is 9.97 Å². The van der Waals surface area contributed by atoms with Crippen molar-refractivity contribution in [3.63, 3.8) is 0 Å². The summed E-state index contributed by atoms with van der Waals surface area (Å²) in [5, 5.41) is 1.15. The van der Waals surface area contributed by atoms with E-state index in [1.165, 1.54) is 0 Å². The Morgan fingerprint density at radius 3 is 3.00 bits per heavy atom. The van der Waals surface area contributed by atoms with E-state index in [4.69, 9.17) is 5.73 Å². The van der Waals surface area contributed by atoms with Gasteiger partial charge in [-0.15, -0.1) is 11.3 Å². The summed E-state index contributed by atoms with van der Waals surface area (Å²) in [4.78, 5) is 8.49. The molecule has 68 valence electrons. The Hall–Kier alpha value is -1.16. The number of rotatable bonds is 2. The van der Waals surface area contributed by atoms with Crippen LogP contribution in [0.15, 0.2) is 12.4 Å². The Balaban J connectivity index is 2.55. The van der Waals surface area contributed by atoms with Crippen molar-refractivity contribution in [1.29, 1.82) is 0 Å². The molecule has 0 bridgehead atoms. The maximum Gasteiger partial charge on any atom is 0.108 e. The van der Waals surface area contributed by atoms with Gasteiger partial charge in [0.2, 0.25) is 0 Å². The van der Waals surface area contributed by atoms with Gasteiger partial charge in [-0.3, -0.25) is 4.98 Å². The van der Waals surface area contributed by atoms with E-state index in [2.05, 4.69) is 16.9 Å². The van der Waals surface area contributed by atoms with Gasteiger partial charge in [0.1, 0.15) is 5.52 Å². The smallest absolute Gasteiger partial charge is 0.108 e. The van der Waals surface area contributed by atoms with Crippen molar-refractivity contribution in [3.8, 4) is 0 Å². The molecule has 2 aromatic heterocycles. The van der Waals surface area contributed by atoms with E-state index in [1.54, 1.807) is 17.5 Å². The topological polar surface area (TPSA) is 51.8 Å². The van der Waals surface area contributed by atoms with E-state index in [0.29, 0.717) is 5.69 Å². The van der Waals surface area contributed by atoms with Crippen LogP contribution in [0.3, 0.4) is 0 Å². The minimum Gasteiger partial charge on any atom is -0.396 e. The second-order valence-electron chi connectivity index (χ2n) is 2.93. The number of thiazole rings is 1. The summed E-state index contributed by atoms with van der Waals surface area (Å²) in [6, 6.07) is 0. The summed E-state index contributed by atoms with van der Waals surface area (Å²) in [6.07, 6.45) is 5.62.